The summed E-state index contributed by atoms with van der Waals surface area (Å²) in [5.74, 6) is 0.334. The van der Waals surface area contributed by atoms with Gasteiger partial charge in [0.05, 0.1) is 7.11 Å². The van der Waals surface area contributed by atoms with Gasteiger partial charge in [-0.2, -0.15) is 0 Å². The molecular weight excluding hydrogens is 426 g/mol. The maximum atomic E-state index is 13.1. The summed E-state index contributed by atoms with van der Waals surface area (Å²) in [5.41, 5.74) is 5.59. The normalized spacial score (nSPS) is 11.4. The van der Waals surface area contributed by atoms with Gasteiger partial charge in [-0.3, -0.25) is 9.59 Å². The second-order valence-electron chi connectivity index (χ2n) is 8.41. The number of rotatable bonds is 10. The molecule has 0 bridgehead atoms. The molecule has 0 fully saturated rings. The van der Waals surface area contributed by atoms with Gasteiger partial charge in [0.2, 0.25) is 5.91 Å². The summed E-state index contributed by atoms with van der Waals surface area (Å²) in [6.07, 6.45) is 0.411. The van der Waals surface area contributed by atoms with E-state index in [1.165, 1.54) is 0 Å². The van der Waals surface area contributed by atoms with Crippen LogP contribution in [-0.4, -0.2) is 38.1 Å². The van der Waals surface area contributed by atoms with Crippen LogP contribution in [0.5, 0.6) is 5.75 Å². The van der Waals surface area contributed by atoms with E-state index in [9.17, 15) is 9.59 Å². The maximum Gasteiger partial charge on any atom is 0.252 e. The Morgan fingerprint density at radius 2 is 1.53 bits per heavy atom. The van der Waals surface area contributed by atoms with Crippen LogP contribution in [0.4, 0.5) is 5.69 Å². The zero-order valence-corrected chi connectivity index (χ0v) is 20.3. The third-order valence-corrected chi connectivity index (χ3v) is 5.83. The highest BCUT2D eigenvalue weighted by atomic mass is 16.5. The summed E-state index contributed by atoms with van der Waals surface area (Å²) in [5, 5.41) is 9.17. The molecule has 0 heterocycles. The molecule has 3 rings (SSSR count). The van der Waals surface area contributed by atoms with Gasteiger partial charge >= 0.3 is 0 Å². The SMILES string of the molecule is COc1ccc(NCCNC(=O)C(Cc2ccccc2)NC(=O)c2cc(C)c(C)cc2C)cc1. The van der Waals surface area contributed by atoms with Crippen LogP contribution in [0, 0.1) is 20.8 Å². The number of ether oxygens (including phenoxy) is 1. The Labute approximate surface area is 201 Å². The first-order valence-electron chi connectivity index (χ1n) is 11.5. The fourth-order valence-electron chi connectivity index (χ4n) is 3.72. The number of carbonyl (C=O) groups excluding carboxylic acids is 2. The molecule has 6 nitrogen and oxygen atoms in total. The molecule has 1 unspecified atom stereocenters. The molecule has 0 saturated carbocycles. The Balaban J connectivity index is 1.64. The molecule has 6 heteroatoms. The van der Waals surface area contributed by atoms with Crippen molar-refractivity contribution in [1.29, 1.82) is 0 Å². The van der Waals surface area contributed by atoms with Gasteiger partial charge in [0.15, 0.2) is 0 Å². The van der Waals surface area contributed by atoms with Crippen molar-refractivity contribution >= 4 is 17.5 Å². The number of nitrogens with one attached hydrogen (secondary N) is 3. The number of benzene rings is 3. The van der Waals surface area contributed by atoms with Crippen LogP contribution in [0.25, 0.3) is 0 Å². The summed E-state index contributed by atoms with van der Waals surface area (Å²) in [6, 6.07) is 20.5. The first-order valence-corrected chi connectivity index (χ1v) is 11.5. The van der Waals surface area contributed by atoms with E-state index in [0.717, 1.165) is 33.7 Å². The minimum absolute atomic E-state index is 0.213. The Kier molecular flexibility index (Phi) is 8.68. The average molecular weight is 460 g/mol. The summed E-state index contributed by atoms with van der Waals surface area (Å²) < 4.78 is 5.17. The summed E-state index contributed by atoms with van der Waals surface area (Å²) in [4.78, 5) is 26.1. The second-order valence-corrected chi connectivity index (χ2v) is 8.41. The molecule has 2 amide bonds. The van der Waals surface area contributed by atoms with Crippen LogP contribution in [0.1, 0.15) is 32.6 Å². The molecule has 0 radical (unpaired) electrons. The second kappa shape index (κ2) is 11.9. The number of carbonyl (C=O) groups is 2. The van der Waals surface area contributed by atoms with Crippen molar-refractivity contribution < 1.29 is 14.3 Å². The molecule has 0 saturated heterocycles. The van der Waals surface area contributed by atoms with E-state index in [1.807, 2.05) is 87.5 Å². The van der Waals surface area contributed by atoms with Gasteiger partial charge in [-0.25, -0.2) is 0 Å². The van der Waals surface area contributed by atoms with Gasteiger partial charge in [-0.05, 0) is 73.4 Å². The standard InChI is InChI=1S/C28H33N3O3/c1-19-16-21(3)25(17-20(19)2)27(32)31-26(18-22-8-6-5-7-9-22)28(33)30-15-14-29-23-10-12-24(34-4)13-11-23/h5-13,16-17,26,29H,14-15,18H2,1-4H3,(H,30,33)(H,31,32). The molecular formula is C28H33N3O3. The number of methoxy groups -OCH3 is 1. The lowest BCUT2D eigenvalue weighted by atomic mass is 9.99. The van der Waals surface area contributed by atoms with E-state index >= 15 is 0 Å². The molecule has 0 aliphatic carbocycles. The number of hydrogen-bond acceptors (Lipinski definition) is 4. The smallest absolute Gasteiger partial charge is 0.252 e. The Morgan fingerprint density at radius 1 is 0.853 bits per heavy atom. The molecule has 178 valence electrons. The minimum Gasteiger partial charge on any atom is -0.497 e. The molecule has 0 spiro atoms. The Morgan fingerprint density at radius 3 is 2.21 bits per heavy atom. The van der Waals surface area contributed by atoms with Crippen LogP contribution in [0.3, 0.4) is 0 Å². The van der Waals surface area contributed by atoms with Crippen LogP contribution in [0.15, 0.2) is 66.7 Å². The largest absolute Gasteiger partial charge is 0.497 e. The van der Waals surface area contributed by atoms with E-state index < -0.39 is 6.04 Å². The third kappa shape index (κ3) is 6.85. The van der Waals surface area contributed by atoms with E-state index in [0.29, 0.717) is 25.1 Å². The number of anilines is 1. The van der Waals surface area contributed by atoms with Crippen LogP contribution >= 0.6 is 0 Å². The van der Waals surface area contributed by atoms with E-state index in [1.54, 1.807) is 7.11 Å². The monoisotopic (exact) mass is 459 g/mol. The van der Waals surface area contributed by atoms with Crippen molar-refractivity contribution in [3.8, 4) is 5.75 Å². The number of hydrogen-bond donors (Lipinski definition) is 3. The van der Waals surface area contributed by atoms with Crippen molar-refractivity contribution in [2.24, 2.45) is 0 Å². The van der Waals surface area contributed by atoms with E-state index in [2.05, 4.69) is 16.0 Å². The minimum atomic E-state index is -0.683. The quantitative estimate of drug-likeness (QED) is 0.397. The van der Waals surface area contributed by atoms with Gasteiger partial charge in [-0.1, -0.05) is 36.4 Å². The first-order chi connectivity index (χ1) is 16.4. The predicted molar refractivity (Wildman–Crippen MR) is 137 cm³/mol. The molecule has 0 aliphatic rings. The lowest BCUT2D eigenvalue weighted by Crippen LogP contribution is -2.49. The number of amides is 2. The van der Waals surface area contributed by atoms with Gasteiger partial charge < -0.3 is 20.7 Å². The number of aryl methyl sites for hydroxylation is 3. The lowest BCUT2D eigenvalue weighted by Gasteiger charge is -2.20. The predicted octanol–water partition coefficient (Wildman–Crippen LogP) is 4.19. The van der Waals surface area contributed by atoms with Gasteiger partial charge in [0, 0.05) is 30.8 Å². The summed E-state index contributed by atoms with van der Waals surface area (Å²) >= 11 is 0. The molecule has 0 aliphatic heterocycles. The Bertz CT molecular complexity index is 1110. The van der Waals surface area contributed by atoms with Crippen molar-refractivity contribution in [1.82, 2.24) is 10.6 Å². The highest BCUT2D eigenvalue weighted by Gasteiger charge is 2.22. The lowest BCUT2D eigenvalue weighted by molar-refractivity contribution is -0.122. The zero-order chi connectivity index (χ0) is 24.5. The fourth-order valence-corrected chi connectivity index (χ4v) is 3.72. The summed E-state index contributed by atoms with van der Waals surface area (Å²) in [7, 11) is 1.63. The topological polar surface area (TPSA) is 79.5 Å². The zero-order valence-electron chi connectivity index (χ0n) is 20.3. The van der Waals surface area contributed by atoms with Crippen molar-refractivity contribution in [2.75, 3.05) is 25.5 Å². The average Bonchev–Trinajstić information content (AvgIpc) is 2.84. The third-order valence-electron chi connectivity index (χ3n) is 5.83. The van der Waals surface area contributed by atoms with Gasteiger partial charge in [0.1, 0.15) is 11.8 Å². The molecule has 0 aromatic heterocycles. The first kappa shape index (κ1) is 24.8. The van der Waals surface area contributed by atoms with Crippen LogP contribution in [0.2, 0.25) is 0 Å². The van der Waals surface area contributed by atoms with Crippen molar-refractivity contribution in [3.63, 3.8) is 0 Å². The molecule has 3 aromatic carbocycles. The van der Waals surface area contributed by atoms with E-state index in [4.69, 9.17) is 4.74 Å². The maximum absolute atomic E-state index is 13.1. The fraction of sp³-hybridized carbons (Fsp3) is 0.286. The molecule has 1 atom stereocenters. The van der Waals surface area contributed by atoms with Crippen LogP contribution < -0.4 is 20.7 Å². The van der Waals surface area contributed by atoms with Crippen molar-refractivity contribution in [3.05, 3.63) is 94.5 Å². The molecule has 3 N–H and O–H groups in total. The van der Waals surface area contributed by atoms with Crippen LogP contribution in [-0.2, 0) is 11.2 Å². The molecule has 3 aromatic rings. The summed E-state index contributed by atoms with van der Waals surface area (Å²) in [6.45, 7) is 6.90. The van der Waals surface area contributed by atoms with Crippen molar-refractivity contribution in [2.45, 2.75) is 33.2 Å². The highest BCUT2D eigenvalue weighted by Crippen LogP contribution is 2.16. The van der Waals surface area contributed by atoms with Gasteiger partial charge in [-0.15, -0.1) is 0 Å². The molecule has 34 heavy (non-hydrogen) atoms. The van der Waals surface area contributed by atoms with Gasteiger partial charge in [0.25, 0.3) is 5.91 Å². The van der Waals surface area contributed by atoms with E-state index in [-0.39, 0.29) is 11.8 Å². The Hall–Kier alpha value is -3.80. The highest BCUT2D eigenvalue weighted by molar-refractivity contribution is 5.99.